The van der Waals surface area contributed by atoms with E-state index in [0.29, 0.717) is 11.3 Å². The lowest BCUT2D eigenvalue weighted by molar-refractivity contribution is 0.601. The number of benzene rings is 1. The predicted octanol–water partition coefficient (Wildman–Crippen LogP) is 2.42. The minimum Gasteiger partial charge on any atom is -0.279 e. The van der Waals surface area contributed by atoms with Gasteiger partial charge in [-0.25, -0.2) is 8.42 Å². The van der Waals surface area contributed by atoms with Gasteiger partial charge in [0.05, 0.1) is 22.2 Å². The molecule has 1 N–H and O–H groups in total. The molecule has 0 saturated carbocycles. The SMILES string of the molecule is N#Cc1cccc(S(=O)(=O)Nc2ccsc2)c1. The second-order valence-corrected chi connectivity index (χ2v) is 5.72. The van der Waals surface area contributed by atoms with Crippen molar-refractivity contribution in [1.29, 1.82) is 5.26 Å². The van der Waals surface area contributed by atoms with Crippen molar-refractivity contribution in [2.24, 2.45) is 0 Å². The number of hydrogen-bond donors (Lipinski definition) is 1. The number of nitrogens with zero attached hydrogens (tertiary/aromatic N) is 1. The third-order valence-electron chi connectivity index (χ3n) is 2.05. The van der Waals surface area contributed by atoms with E-state index in [0.717, 1.165) is 0 Å². The maximum absolute atomic E-state index is 12.0. The van der Waals surface area contributed by atoms with Crippen LogP contribution >= 0.6 is 11.3 Å². The Labute approximate surface area is 103 Å². The Kier molecular flexibility index (Phi) is 3.13. The Hall–Kier alpha value is -1.84. The summed E-state index contributed by atoms with van der Waals surface area (Å²) in [4.78, 5) is 0.0859. The van der Waals surface area contributed by atoms with Crippen molar-refractivity contribution in [2.45, 2.75) is 4.90 Å². The van der Waals surface area contributed by atoms with Crippen LogP contribution in [0.4, 0.5) is 5.69 Å². The van der Waals surface area contributed by atoms with Gasteiger partial charge in [0, 0.05) is 5.38 Å². The molecular weight excluding hydrogens is 256 g/mol. The number of thiophene rings is 1. The van der Waals surface area contributed by atoms with E-state index in [1.165, 1.54) is 23.5 Å². The van der Waals surface area contributed by atoms with Crippen molar-refractivity contribution >= 4 is 27.0 Å². The first kappa shape index (κ1) is 11.6. The summed E-state index contributed by atoms with van der Waals surface area (Å²) in [5.41, 5.74) is 0.843. The van der Waals surface area contributed by atoms with Crippen LogP contribution in [0.3, 0.4) is 0 Å². The first-order chi connectivity index (χ1) is 8.12. The standard InChI is InChI=1S/C11H8N2O2S2/c12-7-9-2-1-3-11(6-9)17(14,15)13-10-4-5-16-8-10/h1-6,8,13H. The first-order valence-corrected chi connectivity index (χ1v) is 7.09. The van der Waals surface area contributed by atoms with Gasteiger partial charge in [0.25, 0.3) is 10.0 Å². The van der Waals surface area contributed by atoms with Gasteiger partial charge in [-0.05, 0) is 29.6 Å². The van der Waals surface area contributed by atoms with Crippen LogP contribution in [0.2, 0.25) is 0 Å². The number of nitriles is 1. The lowest BCUT2D eigenvalue weighted by atomic mass is 10.2. The van der Waals surface area contributed by atoms with Crippen LogP contribution in [0.5, 0.6) is 0 Å². The van der Waals surface area contributed by atoms with E-state index in [4.69, 9.17) is 5.26 Å². The molecule has 0 saturated heterocycles. The summed E-state index contributed by atoms with van der Waals surface area (Å²) in [6, 6.07) is 9.48. The molecule has 0 aliphatic carbocycles. The van der Waals surface area contributed by atoms with E-state index in [1.807, 2.05) is 6.07 Å². The molecule has 0 fully saturated rings. The monoisotopic (exact) mass is 264 g/mol. The van der Waals surface area contributed by atoms with E-state index < -0.39 is 10.0 Å². The molecule has 86 valence electrons. The summed E-state index contributed by atoms with van der Waals surface area (Å²) >= 11 is 1.40. The Morgan fingerprint density at radius 1 is 1.29 bits per heavy atom. The zero-order chi connectivity index (χ0) is 12.3. The lowest BCUT2D eigenvalue weighted by Gasteiger charge is -2.05. The molecule has 1 heterocycles. The van der Waals surface area contributed by atoms with Crippen LogP contribution in [-0.4, -0.2) is 8.42 Å². The second kappa shape index (κ2) is 4.57. The highest BCUT2D eigenvalue weighted by atomic mass is 32.2. The summed E-state index contributed by atoms with van der Waals surface area (Å²) in [6.07, 6.45) is 0. The first-order valence-electron chi connectivity index (χ1n) is 4.67. The van der Waals surface area contributed by atoms with Gasteiger partial charge in [-0.3, -0.25) is 4.72 Å². The fraction of sp³-hybridized carbons (Fsp3) is 0. The summed E-state index contributed by atoms with van der Waals surface area (Å²) in [7, 11) is -3.61. The molecule has 0 atom stereocenters. The van der Waals surface area contributed by atoms with Gasteiger partial charge in [0.1, 0.15) is 0 Å². The van der Waals surface area contributed by atoms with Crippen LogP contribution < -0.4 is 4.72 Å². The van der Waals surface area contributed by atoms with E-state index in [-0.39, 0.29) is 4.90 Å². The summed E-state index contributed by atoms with van der Waals surface area (Å²) < 4.78 is 26.3. The van der Waals surface area contributed by atoms with E-state index in [9.17, 15) is 8.42 Å². The average molecular weight is 264 g/mol. The van der Waals surface area contributed by atoms with Crippen LogP contribution in [0, 0.1) is 11.3 Å². The van der Waals surface area contributed by atoms with Crippen molar-refractivity contribution in [3.8, 4) is 6.07 Å². The fourth-order valence-electron chi connectivity index (χ4n) is 1.27. The summed E-state index contributed by atoms with van der Waals surface area (Å²) in [6.45, 7) is 0. The zero-order valence-corrected chi connectivity index (χ0v) is 10.3. The Bertz CT molecular complexity index is 655. The van der Waals surface area contributed by atoms with Crippen LogP contribution in [-0.2, 0) is 10.0 Å². The van der Waals surface area contributed by atoms with Crippen molar-refractivity contribution < 1.29 is 8.42 Å². The van der Waals surface area contributed by atoms with Gasteiger partial charge in [0.15, 0.2) is 0 Å². The lowest BCUT2D eigenvalue weighted by Crippen LogP contribution is -2.12. The molecule has 0 radical (unpaired) electrons. The number of rotatable bonds is 3. The third-order valence-corrected chi connectivity index (χ3v) is 4.11. The molecule has 0 bridgehead atoms. The second-order valence-electron chi connectivity index (χ2n) is 3.26. The van der Waals surface area contributed by atoms with Crippen LogP contribution in [0.25, 0.3) is 0 Å². The topological polar surface area (TPSA) is 70.0 Å². The van der Waals surface area contributed by atoms with Gasteiger partial charge in [-0.15, -0.1) is 0 Å². The largest absolute Gasteiger partial charge is 0.279 e. The van der Waals surface area contributed by atoms with E-state index >= 15 is 0 Å². The highest BCUT2D eigenvalue weighted by molar-refractivity contribution is 7.92. The van der Waals surface area contributed by atoms with Crippen LogP contribution in [0.1, 0.15) is 5.56 Å². The number of nitrogens with one attached hydrogen (secondary N) is 1. The number of anilines is 1. The number of hydrogen-bond acceptors (Lipinski definition) is 4. The van der Waals surface area contributed by atoms with E-state index in [1.54, 1.807) is 29.0 Å². The molecule has 2 rings (SSSR count). The minimum absolute atomic E-state index is 0.0859. The molecule has 0 aliphatic heterocycles. The molecule has 0 unspecified atom stereocenters. The van der Waals surface area contributed by atoms with Crippen molar-refractivity contribution in [3.05, 3.63) is 46.7 Å². The van der Waals surface area contributed by atoms with Gasteiger partial charge < -0.3 is 0 Å². The number of sulfonamides is 1. The highest BCUT2D eigenvalue weighted by Gasteiger charge is 2.14. The molecule has 1 aromatic heterocycles. The van der Waals surface area contributed by atoms with Gasteiger partial charge in [0.2, 0.25) is 0 Å². The molecule has 0 spiro atoms. The van der Waals surface area contributed by atoms with Crippen LogP contribution in [0.15, 0.2) is 46.0 Å². The molecule has 1 aromatic carbocycles. The van der Waals surface area contributed by atoms with Gasteiger partial charge in [-0.1, -0.05) is 6.07 Å². The quantitative estimate of drug-likeness (QED) is 0.925. The smallest absolute Gasteiger partial charge is 0.261 e. The average Bonchev–Trinajstić information content (AvgIpc) is 2.81. The fourth-order valence-corrected chi connectivity index (χ4v) is 3.03. The Morgan fingerprint density at radius 2 is 2.12 bits per heavy atom. The molecule has 2 aromatic rings. The Morgan fingerprint density at radius 3 is 2.76 bits per heavy atom. The van der Waals surface area contributed by atoms with Crippen molar-refractivity contribution in [2.75, 3.05) is 4.72 Å². The molecule has 17 heavy (non-hydrogen) atoms. The highest BCUT2D eigenvalue weighted by Crippen LogP contribution is 2.18. The van der Waals surface area contributed by atoms with Gasteiger partial charge >= 0.3 is 0 Å². The molecule has 4 nitrogen and oxygen atoms in total. The normalized spacial score (nSPS) is 10.8. The predicted molar refractivity (Wildman–Crippen MR) is 66.3 cm³/mol. The zero-order valence-electron chi connectivity index (χ0n) is 8.62. The third kappa shape index (κ3) is 2.64. The Balaban J connectivity index is 2.35. The molecule has 6 heteroatoms. The van der Waals surface area contributed by atoms with Crippen molar-refractivity contribution in [3.63, 3.8) is 0 Å². The summed E-state index contributed by atoms with van der Waals surface area (Å²) in [5, 5.41) is 12.2. The summed E-state index contributed by atoms with van der Waals surface area (Å²) in [5.74, 6) is 0. The van der Waals surface area contributed by atoms with Gasteiger partial charge in [-0.2, -0.15) is 16.6 Å². The van der Waals surface area contributed by atoms with E-state index in [2.05, 4.69) is 4.72 Å². The van der Waals surface area contributed by atoms with Crippen molar-refractivity contribution in [1.82, 2.24) is 0 Å². The maximum Gasteiger partial charge on any atom is 0.261 e. The molecular formula is C11H8N2O2S2. The molecule has 0 amide bonds. The minimum atomic E-state index is -3.61. The maximum atomic E-state index is 12.0. The molecule has 0 aliphatic rings.